The molecule has 0 fully saturated rings. The predicted octanol–water partition coefficient (Wildman–Crippen LogP) is 3.13. The highest BCUT2D eigenvalue weighted by Crippen LogP contribution is 2.30. The number of anilines is 1. The first kappa shape index (κ1) is 16.6. The van der Waals surface area contributed by atoms with Gasteiger partial charge in [0.15, 0.2) is 0 Å². The zero-order valence-corrected chi connectivity index (χ0v) is 14.1. The van der Waals surface area contributed by atoms with Crippen LogP contribution in [0.25, 0.3) is 0 Å². The van der Waals surface area contributed by atoms with Crippen LogP contribution in [0, 0.1) is 13.8 Å². The second kappa shape index (κ2) is 6.15. The summed E-state index contributed by atoms with van der Waals surface area (Å²) >= 11 is 3.09. The Morgan fingerprint density at radius 2 is 2.00 bits per heavy atom. The van der Waals surface area contributed by atoms with Crippen LogP contribution in [0.5, 0.6) is 0 Å². The molecule has 9 heteroatoms. The third-order valence-electron chi connectivity index (χ3n) is 3.55. The summed E-state index contributed by atoms with van der Waals surface area (Å²) in [6.45, 7) is 5.04. The summed E-state index contributed by atoms with van der Waals surface area (Å²) in [6, 6.07) is -0.733. The van der Waals surface area contributed by atoms with E-state index in [0.717, 1.165) is 5.69 Å². The molecule has 1 amide bonds. The number of nitrogens with zero attached hydrogens (tertiary/aromatic N) is 4. The third kappa shape index (κ3) is 2.90. The maximum Gasteiger partial charge on any atom is 0.283 e. The third-order valence-corrected chi connectivity index (χ3v) is 4.53. The molecule has 1 atom stereocenters. The monoisotopic (exact) mass is 375 g/mol. The predicted molar refractivity (Wildman–Crippen MR) is 80.9 cm³/mol. The Labute approximate surface area is 134 Å². The maximum atomic E-state index is 12.9. The van der Waals surface area contributed by atoms with Gasteiger partial charge < -0.3 is 5.32 Å². The molecule has 0 aliphatic heterocycles. The Morgan fingerprint density at radius 3 is 2.45 bits per heavy atom. The van der Waals surface area contributed by atoms with Crippen LogP contribution in [0.15, 0.2) is 10.7 Å². The first-order valence-electron chi connectivity index (χ1n) is 6.56. The van der Waals surface area contributed by atoms with Crippen molar-refractivity contribution in [2.45, 2.75) is 33.2 Å². The molecule has 2 heterocycles. The number of amides is 1. The Hall–Kier alpha value is -1.77. The number of hydrogen-bond acceptors (Lipinski definition) is 3. The highest BCUT2D eigenvalue weighted by atomic mass is 79.9. The lowest BCUT2D eigenvalue weighted by molar-refractivity contribution is -0.119. The molecule has 0 radical (unpaired) electrons. The largest absolute Gasteiger partial charge is 0.321 e. The molecule has 0 bridgehead atoms. The van der Waals surface area contributed by atoms with E-state index in [-0.39, 0.29) is 16.1 Å². The molecule has 0 spiro atoms. The minimum atomic E-state index is -2.70. The molecule has 2 rings (SSSR count). The van der Waals surface area contributed by atoms with E-state index >= 15 is 0 Å². The van der Waals surface area contributed by atoms with Crippen LogP contribution in [0.4, 0.5) is 14.5 Å². The van der Waals surface area contributed by atoms with E-state index in [1.807, 2.05) is 6.92 Å². The highest BCUT2D eigenvalue weighted by Gasteiger charge is 2.25. The summed E-state index contributed by atoms with van der Waals surface area (Å²) in [5.41, 5.74) is 1.49. The van der Waals surface area contributed by atoms with Crippen LogP contribution in [-0.2, 0) is 11.8 Å². The van der Waals surface area contributed by atoms with Gasteiger partial charge in [0.05, 0.1) is 27.7 Å². The van der Waals surface area contributed by atoms with E-state index in [0.29, 0.717) is 11.4 Å². The van der Waals surface area contributed by atoms with Gasteiger partial charge >= 0.3 is 0 Å². The van der Waals surface area contributed by atoms with Crippen LogP contribution in [0.1, 0.15) is 36.5 Å². The van der Waals surface area contributed by atoms with Crippen LogP contribution < -0.4 is 5.32 Å². The maximum absolute atomic E-state index is 12.9. The van der Waals surface area contributed by atoms with Gasteiger partial charge in [-0.25, -0.2) is 8.78 Å². The lowest BCUT2D eigenvalue weighted by Gasteiger charge is -2.14. The second-order valence-electron chi connectivity index (χ2n) is 4.96. The molecule has 6 nitrogen and oxygen atoms in total. The molecular formula is C13H16BrF2N5O. The van der Waals surface area contributed by atoms with Crippen molar-refractivity contribution in [2.75, 3.05) is 5.32 Å². The summed E-state index contributed by atoms with van der Waals surface area (Å²) in [5, 5.41) is 10.6. The van der Waals surface area contributed by atoms with Gasteiger partial charge in [-0.3, -0.25) is 14.2 Å². The Kier molecular flexibility index (Phi) is 4.64. The summed E-state index contributed by atoms with van der Waals surface area (Å²) in [4.78, 5) is 12.3. The average Bonchev–Trinajstić information content (AvgIpc) is 2.93. The van der Waals surface area contributed by atoms with E-state index in [2.05, 4.69) is 31.4 Å². The van der Waals surface area contributed by atoms with Crippen LogP contribution in [0.2, 0.25) is 0 Å². The Balaban J connectivity index is 2.24. The van der Waals surface area contributed by atoms with Crippen LogP contribution >= 0.6 is 15.9 Å². The fourth-order valence-electron chi connectivity index (χ4n) is 2.01. The number of aryl methyl sites for hydroxylation is 1. The minimum Gasteiger partial charge on any atom is -0.321 e. The fraction of sp³-hybridized carbons (Fsp3) is 0.462. The van der Waals surface area contributed by atoms with Gasteiger partial charge in [-0.2, -0.15) is 10.2 Å². The van der Waals surface area contributed by atoms with Gasteiger partial charge in [0.1, 0.15) is 11.7 Å². The van der Waals surface area contributed by atoms with Crippen molar-refractivity contribution < 1.29 is 13.6 Å². The molecule has 0 saturated carbocycles. The number of hydrogen-bond donors (Lipinski definition) is 1. The first-order chi connectivity index (χ1) is 10.2. The fourth-order valence-corrected chi connectivity index (χ4v) is 2.44. The van der Waals surface area contributed by atoms with Crippen LogP contribution in [-0.4, -0.2) is 25.5 Å². The number of alkyl halides is 2. The summed E-state index contributed by atoms with van der Waals surface area (Å²) in [7, 11) is 1.76. The number of carbonyl (C=O) groups excluding carboxylic acids is 1. The smallest absolute Gasteiger partial charge is 0.283 e. The van der Waals surface area contributed by atoms with Gasteiger partial charge in [0.25, 0.3) is 6.43 Å². The SMILES string of the molecule is Cc1c(NC(=O)[C@@H](C)n2nc(C(F)F)c(Br)c2C)cnn1C. The number of rotatable bonds is 4. The number of nitrogens with one attached hydrogen (secondary N) is 1. The van der Waals surface area contributed by atoms with E-state index in [1.165, 1.54) is 10.9 Å². The van der Waals surface area contributed by atoms with Gasteiger partial charge in [0, 0.05) is 7.05 Å². The number of aromatic nitrogens is 4. The van der Waals surface area contributed by atoms with Crippen LogP contribution in [0.3, 0.4) is 0 Å². The standard InChI is InChI=1S/C13H16BrF2N5O/c1-6-9(5-17-20(6)4)18-13(22)8(3)21-7(2)10(14)11(19-21)12(15)16/h5,8,12H,1-4H3,(H,18,22)/t8-/m1/s1. The molecule has 0 aliphatic carbocycles. The second-order valence-corrected chi connectivity index (χ2v) is 5.76. The summed E-state index contributed by atoms with van der Waals surface area (Å²) < 4.78 is 28.9. The molecule has 22 heavy (non-hydrogen) atoms. The van der Waals surface area contributed by atoms with E-state index in [9.17, 15) is 13.6 Å². The molecule has 0 aromatic carbocycles. The molecule has 0 saturated heterocycles. The summed E-state index contributed by atoms with van der Waals surface area (Å²) in [5.74, 6) is -0.352. The van der Waals surface area contributed by atoms with Crippen molar-refractivity contribution in [3.8, 4) is 0 Å². The molecule has 0 aliphatic rings. The Morgan fingerprint density at radius 1 is 1.36 bits per heavy atom. The van der Waals surface area contributed by atoms with Crippen molar-refractivity contribution in [1.29, 1.82) is 0 Å². The van der Waals surface area contributed by atoms with E-state index in [1.54, 1.807) is 25.6 Å². The molecule has 120 valence electrons. The first-order valence-corrected chi connectivity index (χ1v) is 7.35. The highest BCUT2D eigenvalue weighted by molar-refractivity contribution is 9.10. The number of halogens is 3. The Bertz CT molecular complexity index is 710. The van der Waals surface area contributed by atoms with Gasteiger partial charge in [0.2, 0.25) is 5.91 Å². The van der Waals surface area contributed by atoms with Gasteiger partial charge in [-0.05, 0) is 36.7 Å². The molecule has 1 N–H and O–H groups in total. The van der Waals surface area contributed by atoms with Crippen molar-refractivity contribution in [1.82, 2.24) is 19.6 Å². The lowest BCUT2D eigenvalue weighted by Crippen LogP contribution is -2.25. The van der Waals surface area contributed by atoms with Crippen molar-refractivity contribution >= 4 is 27.5 Å². The molecule has 0 unspecified atom stereocenters. The van der Waals surface area contributed by atoms with Gasteiger partial charge in [-0.15, -0.1) is 0 Å². The average molecular weight is 376 g/mol. The summed E-state index contributed by atoms with van der Waals surface area (Å²) in [6.07, 6.45) is -1.17. The zero-order chi connectivity index (χ0) is 16.6. The quantitative estimate of drug-likeness (QED) is 0.892. The minimum absolute atomic E-state index is 0.222. The molecule has 2 aromatic rings. The zero-order valence-electron chi connectivity index (χ0n) is 12.6. The van der Waals surface area contributed by atoms with E-state index in [4.69, 9.17) is 0 Å². The topological polar surface area (TPSA) is 64.7 Å². The van der Waals surface area contributed by atoms with Crippen molar-refractivity contribution in [3.05, 3.63) is 27.8 Å². The normalized spacial score (nSPS) is 12.7. The molecular weight excluding hydrogens is 360 g/mol. The molecule has 2 aromatic heterocycles. The number of carbonyl (C=O) groups is 1. The van der Waals surface area contributed by atoms with Crippen molar-refractivity contribution in [2.24, 2.45) is 7.05 Å². The van der Waals surface area contributed by atoms with Gasteiger partial charge in [-0.1, -0.05) is 0 Å². The van der Waals surface area contributed by atoms with Crippen molar-refractivity contribution in [3.63, 3.8) is 0 Å². The van der Waals surface area contributed by atoms with E-state index < -0.39 is 12.5 Å². The lowest BCUT2D eigenvalue weighted by atomic mass is 10.3.